The van der Waals surface area contributed by atoms with Crippen LogP contribution in [0.3, 0.4) is 0 Å². The van der Waals surface area contributed by atoms with Gasteiger partial charge >= 0.3 is 5.97 Å². The van der Waals surface area contributed by atoms with Crippen LogP contribution in [0.15, 0.2) is 0 Å². The molecule has 0 radical (unpaired) electrons. The van der Waals surface area contributed by atoms with E-state index in [-0.39, 0.29) is 5.97 Å². The average molecular weight is 216 g/mol. The molecule has 0 fully saturated rings. The molecule has 0 bridgehead atoms. The van der Waals surface area contributed by atoms with Crippen LogP contribution in [0, 0.1) is 5.92 Å². The van der Waals surface area contributed by atoms with Crippen molar-refractivity contribution in [3.63, 3.8) is 0 Å². The Morgan fingerprint density at radius 1 is 1.13 bits per heavy atom. The summed E-state index contributed by atoms with van der Waals surface area (Å²) in [5.41, 5.74) is 0. The van der Waals surface area contributed by atoms with Crippen LogP contribution in [0.2, 0.25) is 0 Å². The van der Waals surface area contributed by atoms with Crippen molar-refractivity contribution in [2.75, 3.05) is 20.3 Å². The maximum atomic E-state index is 11.1. The number of hydrogen-bond acceptors (Lipinski definition) is 3. The molecule has 0 aliphatic heterocycles. The molecule has 0 aromatic rings. The van der Waals surface area contributed by atoms with Gasteiger partial charge in [-0.3, -0.25) is 4.79 Å². The number of hydrogen-bond donors (Lipinski definition) is 0. The smallest absolute Gasteiger partial charge is 0.305 e. The molecule has 0 amide bonds. The highest BCUT2D eigenvalue weighted by atomic mass is 16.5. The number of unbranched alkanes of at least 4 members (excludes halogenated alkanes) is 1. The number of carbonyl (C=O) groups is 1. The van der Waals surface area contributed by atoms with Gasteiger partial charge in [0, 0.05) is 20.1 Å². The second kappa shape index (κ2) is 9.97. The number of rotatable bonds is 9. The standard InChI is InChI=1S/C12H24O3/c1-11(2)7-4-5-10-15-12(13)8-6-9-14-3/h11H,4-10H2,1-3H3. The van der Waals surface area contributed by atoms with Gasteiger partial charge in [-0.1, -0.05) is 20.3 Å². The van der Waals surface area contributed by atoms with E-state index >= 15 is 0 Å². The van der Waals surface area contributed by atoms with E-state index in [9.17, 15) is 4.79 Å². The van der Waals surface area contributed by atoms with E-state index in [4.69, 9.17) is 9.47 Å². The molecule has 3 heteroatoms. The lowest BCUT2D eigenvalue weighted by atomic mass is 10.1. The van der Waals surface area contributed by atoms with Crippen LogP contribution >= 0.6 is 0 Å². The van der Waals surface area contributed by atoms with Gasteiger partial charge in [0.1, 0.15) is 0 Å². The Morgan fingerprint density at radius 2 is 1.87 bits per heavy atom. The Bertz CT molecular complexity index is 155. The first kappa shape index (κ1) is 14.4. The second-order valence-electron chi connectivity index (χ2n) is 4.21. The van der Waals surface area contributed by atoms with E-state index in [0.717, 1.165) is 25.2 Å². The van der Waals surface area contributed by atoms with E-state index < -0.39 is 0 Å². The first-order valence-electron chi connectivity index (χ1n) is 5.81. The number of methoxy groups -OCH3 is 1. The molecule has 0 aromatic heterocycles. The third-order valence-electron chi connectivity index (χ3n) is 2.17. The maximum Gasteiger partial charge on any atom is 0.305 e. The Morgan fingerprint density at radius 3 is 2.47 bits per heavy atom. The quantitative estimate of drug-likeness (QED) is 0.439. The third kappa shape index (κ3) is 11.4. The van der Waals surface area contributed by atoms with Crippen molar-refractivity contribution < 1.29 is 14.3 Å². The molecular formula is C12H24O3. The summed E-state index contributed by atoms with van der Waals surface area (Å²) in [6.07, 6.45) is 4.55. The fraction of sp³-hybridized carbons (Fsp3) is 0.917. The first-order valence-corrected chi connectivity index (χ1v) is 5.81. The van der Waals surface area contributed by atoms with E-state index in [1.165, 1.54) is 6.42 Å². The summed E-state index contributed by atoms with van der Waals surface area (Å²) >= 11 is 0. The Kier molecular flexibility index (Phi) is 9.59. The summed E-state index contributed by atoms with van der Waals surface area (Å²) in [5, 5.41) is 0. The molecule has 0 atom stereocenters. The molecule has 0 spiro atoms. The van der Waals surface area contributed by atoms with Crippen molar-refractivity contribution in [2.24, 2.45) is 5.92 Å². The Labute approximate surface area is 93.1 Å². The van der Waals surface area contributed by atoms with Crippen molar-refractivity contribution in [1.82, 2.24) is 0 Å². The summed E-state index contributed by atoms with van der Waals surface area (Å²) < 4.78 is 9.93. The fourth-order valence-electron chi connectivity index (χ4n) is 1.27. The molecule has 0 aliphatic carbocycles. The SMILES string of the molecule is COCCCC(=O)OCCCCC(C)C. The predicted molar refractivity (Wildman–Crippen MR) is 60.8 cm³/mol. The van der Waals surface area contributed by atoms with E-state index in [0.29, 0.717) is 19.6 Å². The first-order chi connectivity index (χ1) is 7.16. The van der Waals surface area contributed by atoms with E-state index in [2.05, 4.69) is 13.8 Å². The summed E-state index contributed by atoms with van der Waals surface area (Å²) in [7, 11) is 1.64. The van der Waals surface area contributed by atoms with Gasteiger partial charge in [-0.15, -0.1) is 0 Å². The molecule has 3 nitrogen and oxygen atoms in total. The maximum absolute atomic E-state index is 11.1. The summed E-state index contributed by atoms with van der Waals surface area (Å²) in [6.45, 7) is 5.61. The van der Waals surface area contributed by atoms with Crippen LogP contribution in [-0.2, 0) is 14.3 Å². The highest BCUT2D eigenvalue weighted by molar-refractivity contribution is 5.69. The van der Waals surface area contributed by atoms with Crippen molar-refractivity contribution in [3.05, 3.63) is 0 Å². The predicted octanol–water partition coefficient (Wildman–Crippen LogP) is 2.78. The lowest BCUT2D eigenvalue weighted by Crippen LogP contribution is -2.07. The highest BCUT2D eigenvalue weighted by Crippen LogP contribution is 2.06. The molecule has 0 rings (SSSR count). The molecule has 0 aliphatic rings. The van der Waals surface area contributed by atoms with Gasteiger partial charge in [0.25, 0.3) is 0 Å². The zero-order chi connectivity index (χ0) is 11.5. The van der Waals surface area contributed by atoms with Gasteiger partial charge in [0.2, 0.25) is 0 Å². The van der Waals surface area contributed by atoms with Crippen molar-refractivity contribution in [3.8, 4) is 0 Å². The molecule has 0 heterocycles. The van der Waals surface area contributed by atoms with Gasteiger partial charge < -0.3 is 9.47 Å². The van der Waals surface area contributed by atoms with Crippen molar-refractivity contribution >= 4 is 5.97 Å². The third-order valence-corrected chi connectivity index (χ3v) is 2.17. The number of ether oxygens (including phenoxy) is 2. The monoisotopic (exact) mass is 216 g/mol. The topological polar surface area (TPSA) is 35.5 Å². The van der Waals surface area contributed by atoms with E-state index in [1.807, 2.05) is 0 Å². The van der Waals surface area contributed by atoms with Crippen LogP contribution in [0.25, 0.3) is 0 Å². The highest BCUT2D eigenvalue weighted by Gasteiger charge is 2.02. The van der Waals surface area contributed by atoms with Crippen LogP contribution < -0.4 is 0 Å². The fourth-order valence-corrected chi connectivity index (χ4v) is 1.27. The molecule has 15 heavy (non-hydrogen) atoms. The molecule has 0 aromatic carbocycles. The Balaban J connectivity index is 3.17. The minimum absolute atomic E-state index is 0.100. The van der Waals surface area contributed by atoms with Crippen LogP contribution in [0.4, 0.5) is 0 Å². The molecule has 0 saturated carbocycles. The van der Waals surface area contributed by atoms with Gasteiger partial charge in [-0.05, 0) is 25.2 Å². The van der Waals surface area contributed by atoms with Gasteiger partial charge in [-0.25, -0.2) is 0 Å². The van der Waals surface area contributed by atoms with E-state index in [1.54, 1.807) is 7.11 Å². The zero-order valence-electron chi connectivity index (χ0n) is 10.3. The molecule has 0 saturated heterocycles. The molecular weight excluding hydrogens is 192 g/mol. The molecule has 0 unspecified atom stereocenters. The average Bonchev–Trinajstić information content (AvgIpc) is 2.17. The Hall–Kier alpha value is -0.570. The van der Waals surface area contributed by atoms with Gasteiger partial charge in [0.15, 0.2) is 0 Å². The van der Waals surface area contributed by atoms with Crippen molar-refractivity contribution in [1.29, 1.82) is 0 Å². The largest absolute Gasteiger partial charge is 0.466 e. The van der Waals surface area contributed by atoms with Gasteiger partial charge in [0.05, 0.1) is 6.61 Å². The summed E-state index contributed by atoms with van der Waals surface area (Å²) in [5.74, 6) is 0.638. The lowest BCUT2D eigenvalue weighted by molar-refractivity contribution is -0.144. The number of esters is 1. The minimum Gasteiger partial charge on any atom is -0.466 e. The van der Waals surface area contributed by atoms with Gasteiger partial charge in [-0.2, -0.15) is 0 Å². The molecule has 90 valence electrons. The van der Waals surface area contributed by atoms with Crippen molar-refractivity contribution in [2.45, 2.75) is 46.0 Å². The minimum atomic E-state index is -0.100. The normalized spacial score (nSPS) is 10.7. The summed E-state index contributed by atoms with van der Waals surface area (Å²) in [6, 6.07) is 0. The van der Waals surface area contributed by atoms with Crippen LogP contribution in [0.1, 0.15) is 46.0 Å². The number of carbonyl (C=O) groups excluding carboxylic acids is 1. The summed E-state index contributed by atoms with van der Waals surface area (Å²) in [4.78, 5) is 11.1. The molecule has 0 N–H and O–H groups in total. The lowest BCUT2D eigenvalue weighted by Gasteiger charge is -2.06. The zero-order valence-corrected chi connectivity index (χ0v) is 10.3. The van der Waals surface area contributed by atoms with Crippen LogP contribution in [0.5, 0.6) is 0 Å². The van der Waals surface area contributed by atoms with Crippen LogP contribution in [-0.4, -0.2) is 26.3 Å². The second-order valence-corrected chi connectivity index (χ2v) is 4.21.